The highest BCUT2D eigenvalue weighted by Gasteiger charge is 2.27. The average Bonchev–Trinajstić information content (AvgIpc) is 3.31. The minimum atomic E-state index is -0.299. The molecule has 1 aliphatic rings. The van der Waals surface area contributed by atoms with Crippen LogP contribution in [0.1, 0.15) is 23.6 Å². The van der Waals surface area contributed by atoms with Crippen LogP contribution >= 0.6 is 11.8 Å². The first-order valence-electron chi connectivity index (χ1n) is 11.7. The van der Waals surface area contributed by atoms with Gasteiger partial charge < -0.3 is 9.64 Å². The number of rotatable bonds is 6. The van der Waals surface area contributed by atoms with Crippen molar-refractivity contribution in [2.75, 3.05) is 13.7 Å². The summed E-state index contributed by atoms with van der Waals surface area (Å²) in [7, 11) is 1.65. The van der Waals surface area contributed by atoms with Crippen LogP contribution in [0, 0.1) is 6.92 Å². The topological polar surface area (TPSA) is 60.2 Å². The zero-order chi connectivity index (χ0) is 24.4. The minimum Gasteiger partial charge on any atom is -0.497 e. The molecule has 0 radical (unpaired) electrons. The van der Waals surface area contributed by atoms with Crippen molar-refractivity contribution < 1.29 is 9.53 Å². The van der Waals surface area contributed by atoms with Gasteiger partial charge in [0.1, 0.15) is 5.75 Å². The highest BCUT2D eigenvalue weighted by Crippen LogP contribution is 2.32. The van der Waals surface area contributed by atoms with E-state index in [2.05, 4.69) is 47.5 Å². The first-order chi connectivity index (χ1) is 17.0. The van der Waals surface area contributed by atoms with Crippen LogP contribution in [0.3, 0.4) is 0 Å². The number of aryl methyl sites for hydroxylation is 1. The van der Waals surface area contributed by atoms with Crippen molar-refractivity contribution in [3.63, 3.8) is 0 Å². The molecule has 1 aliphatic heterocycles. The number of nitrogens with zero attached hydrogens (tertiary/aromatic N) is 4. The molecule has 5 rings (SSSR count). The third-order valence-corrected chi connectivity index (χ3v) is 7.34. The molecule has 1 amide bonds. The van der Waals surface area contributed by atoms with Crippen LogP contribution in [0.15, 0.2) is 78.0 Å². The maximum Gasteiger partial charge on any atom is 0.236 e. The summed E-state index contributed by atoms with van der Waals surface area (Å²) in [5, 5.41) is 9.44. The van der Waals surface area contributed by atoms with E-state index in [4.69, 9.17) is 4.74 Å². The Balaban J connectivity index is 1.44. The molecule has 3 aromatic carbocycles. The van der Waals surface area contributed by atoms with E-state index in [1.54, 1.807) is 7.11 Å². The lowest BCUT2D eigenvalue weighted by Gasteiger charge is -2.30. The second-order valence-corrected chi connectivity index (χ2v) is 10.1. The van der Waals surface area contributed by atoms with Gasteiger partial charge in [0.15, 0.2) is 11.0 Å². The Morgan fingerprint density at radius 2 is 1.77 bits per heavy atom. The lowest BCUT2D eigenvalue weighted by molar-refractivity contribution is -0.131. The second-order valence-electron chi connectivity index (χ2n) is 8.75. The molecule has 0 aliphatic carbocycles. The number of methoxy groups -OCH3 is 1. The van der Waals surface area contributed by atoms with Crippen molar-refractivity contribution in [1.82, 2.24) is 19.7 Å². The Bertz CT molecular complexity index is 1350. The Kier molecular flexibility index (Phi) is 6.59. The number of amides is 1. The third-order valence-electron chi connectivity index (χ3n) is 6.31. The summed E-state index contributed by atoms with van der Waals surface area (Å²) in [4.78, 5) is 15.4. The predicted octanol–water partition coefficient (Wildman–Crippen LogP) is 5.32. The summed E-state index contributed by atoms with van der Waals surface area (Å²) in [6.45, 7) is 5.40. The van der Waals surface area contributed by atoms with Gasteiger partial charge in [-0.05, 0) is 61.7 Å². The summed E-state index contributed by atoms with van der Waals surface area (Å²) in [5.41, 5.74) is 5.61. The molecule has 0 N–H and O–H groups in total. The van der Waals surface area contributed by atoms with Crippen LogP contribution in [-0.4, -0.2) is 44.5 Å². The fourth-order valence-corrected chi connectivity index (χ4v) is 5.38. The number of hydrogen-bond donors (Lipinski definition) is 0. The fraction of sp³-hybridized carbons (Fsp3) is 0.250. The molecule has 2 heterocycles. The van der Waals surface area contributed by atoms with Crippen molar-refractivity contribution in [3.05, 3.63) is 89.5 Å². The van der Waals surface area contributed by atoms with E-state index in [1.165, 1.54) is 22.9 Å². The predicted molar refractivity (Wildman–Crippen MR) is 139 cm³/mol. The number of benzene rings is 3. The highest BCUT2D eigenvalue weighted by molar-refractivity contribution is 8.00. The molecular weight excluding hydrogens is 456 g/mol. The standard InChI is InChI=1S/C28H28N4O2S/c1-19-7-6-10-22(17-19)26-29-30-28(32(26)24-11-13-25(34-3)14-12-24)35-20(2)27(33)31-16-15-21-8-4-5-9-23(21)18-31/h4-14,17,20H,15-16,18H2,1-3H3. The van der Waals surface area contributed by atoms with E-state index in [0.717, 1.165) is 41.4 Å². The Labute approximate surface area is 210 Å². The molecule has 6 nitrogen and oxygen atoms in total. The van der Waals surface area contributed by atoms with Gasteiger partial charge in [0.2, 0.25) is 5.91 Å². The fourth-order valence-electron chi connectivity index (χ4n) is 4.43. The lowest BCUT2D eigenvalue weighted by Crippen LogP contribution is -2.40. The van der Waals surface area contributed by atoms with Gasteiger partial charge in [0.25, 0.3) is 0 Å². The zero-order valence-corrected chi connectivity index (χ0v) is 21.0. The molecular formula is C28H28N4O2S. The van der Waals surface area contributed by atoms with E-state index in [1.807, 2.05) is 58.9 Å². The van der Waals surface area contributed by atoms with Crippen molar-refractivity contribution in [1.29, 1.82) is 0 Å². The Hall–Kier alpha value is -3.58. The molecule has 0 saturated heterocycles. The molecule has 35 heavy (non-hydrogen) atoms. The first-order valence-corrected chi connectivity index (χ1v) is 12.6. The van der Waals surface area contributed by atoms with Crippen LogP contribution in [0.5, 0.6) is 5.75 Å². The second kappa shape index (κ2) is 9.96. The van der Waals surface area contributed by atoms with Gasteiger partial charge in [0, 0.05) is 24.3 Å². The maximum atomic E-state index is 13.4. The molecule has 7 heteroatoms. The van der Waals surface area contributed by atoms with Crippen molar-refractivity contribution >= 4 is 17.7 Å². The summed E-state index contributed by atoms with van der Waals surface area (Å²) >= 11 is 1.44. The van der Waals surface area contributed by atoms with Gasteiger partial charge in [-0.1, -0.05) is 59.8 Å². The molecule has 178 valence electrons. The van der Waals surface area contributed by atoms with E-state index in [0.29, 0.717) is 11.7 Å². The summed E-state index contributed by atoms with van der Waals surface area (Å²) < 4.78 is 7.36. The molecule has 4 aromatic rings. The number of hydrogen-bond acceptors (Lipinski definition) is 5. The SMILES string of the molecule is COc1ccc(-n2c(SC(C)C(=O)N3CCc4ccccc4C3)nnc2-c2cccc(C)c2)cc1. The number of ether oxygens (including phenoxy) is 1. The average molecular weight is 485 g/mol. The van der Waals surface area contributed by atoms with Crippen LogP contribution < -0.4 is 4.74 Å². The van der Waals surface area contributed by atoms with Gasteiger partial charge in [-0.25, -0.2) is 0 Å². The quantitative estimate of drug-likeness (QED) is 0.347. The van der Waals surface area contributed by atoms with Gasteiger partial charge in [-0.15, -0.1) is 10.2 Å². The number of thioether (sulfide) groups is 1. The lowest BCUT2D eigenvalue weighted by atomic mass is 10.00. The monoisotopic (exact) mass is 484 g/mol. The Morgan fingerprint density at radius 1 is 1.00 bits per heavy atom. The molecule has 1 aromatic heterocycles. The maximum absolute atomic E-state index is 13.4. The number of carbonyl (C=O) groups is 1. The van der Waals surface area contributed by atoms with Crippen molar-refractivity contribution in [2.24, 2.45) is 0 Å². The molecule has 0 fully saturated rings. The third kappa shape index (κ3) is 4.82. The van der Waals surface area contributed by atoms with E-state index in [-0.39, 0.29) is 11.2 Å². The van der Waals surface area contributed by atoms with Crippen LogP contribution in [-0.2, 0) is 17.8 Å². The first kappa shape index (κ1) is 23.2. The zero-order valence-electron chi connectivity index (χ0n) is 20.1. The van der Waals surface area contributed by atoms with Gasteiger partial charge in [-0.3, -0.25) is 9.36 Å². The smallest absolute Gasteiger partial charge is 0.236 e. The van der Waals surface area contributed by atoms with E-state index < -0.39 is 0 Å². The molecule has 0 saturated carbocycles. The molecule has 1 atom stereocenters. The minimum absolute atomic E-state index is 0.117. The van der Waals surface area contributed by atoms with Gasteiger partial charge in [-0.2, -0.15) is 0 Å². The molecule has 0 spiro atoms. The van der Waals surface area contributed by atoms with E-state index >= 15 is 0 Å². The highest BCUT2D eigenvalue weighted by atomic mass is 32.2. The Morgan fingerprint density at radius 3 is 2.51 bits per heavy atom. The van der Waals surface area contributed by atoms with Crippen molar-refractivity contribution in [2.45, 2.75) is 37.2 Å². The van der Waals surface area contributed by atoms with Crippen LogP contribution in [0.4, 0.5) is 0 Å². The summed E-state index contributed by atoms with van der Waals surface area (Å²) in [6.07, 6.45) is 0.888. The summed E-state index contributed by atoms with van der Waals surface area (Å²) in [5.74, 6) is 1.64. The number of aromatic nitrogens is 3. The van der Waals surface area contributed by atoms with Crippen LogP contribution in [0.2, 0.25) is 0 Å². The normalized spacial score (nSPS) is 13.9. The summed E-state index contributed by atoms with van der Waals surface area (Å²) in [6, 6.07) is 24.4. The van der Waals surface area contributed by atoms with Crippen molar-refractivity contribution in [3.8, 4) is 22.8 Å². The van der Waals surface area contributed by atoms with Crippen LogP contribution in [0.25, 0.3) is 17.1 Å². The largest absolute Gasteiger partial charge is 0.497 e. The molecule has 1 unspecified atom stereocenters. The van der Waals surface area contributed by atoms with E-state index in [9.17, 15) is 4.79 Å². The van der Waals surface area contributed by atoms with Gasteiger partial charge in [0.05, 0.1) is 12.4 Å². The number of fused-ring (bicyclic) bond motifs is 1. The number of carbonyl (C=O) groups excluding carboxylic acids is 1. The molecule has 0 bridgehead atoms. The van der Waals surface area contributed by atoms with Gasteiger partial charge >= 0.3 is 0 Å².